The van der Waals surface area contributed by atoms with Crippen molar-refractivity contribution >= 4 is 22.5 Å². The van der Waals surface area contributed by atoms with Crippen LogP contribution in [0, 0.1) is 11.8 Å². The monoisotopic (exact) mass is 451 g/mol. The van der Waals surface area contributed by atoms with E-state index in [2.05, 4.69) is 5.32 Å². The van der Waals surface area contributed by atoms with Crippen molar-refractivity contribution in [2.75, 3.05) is 19.5 Å². The lowest BCUT2D eigenvalue weighted by Crippen LogP contribution is -2.41. The molecule has 174 valence electrons. The molecular formula is C25H29N3O5. The summed E-state index contributed by atoms with van der Waals surface area (Å²) in [6.07, 6.45) is 3.00. The third-order valence-corrected chi connectivity index (χ3v) is 6.55. The molecule has 33 heavy (non-hydrogen) atoms. The fourth-order valence-electron chi connectivity index (χ4n) is 4.59. The number of carbonyl (C=O) groups excluding carboxylic acids is 1. The molecule has 2 aromatic carbocycles. The minimum absolute atomic E-state index is 0.00687. The largest absolute Gasteiger partial charge is 0.497 e. The van der Waals surface area contributed by atoms with Crippen molar-refractivity contribution in [3.63, 3.8) is 0 Å². The van der Waals surface area contributed by atoms with E-state index in [1.165, 1.54) is 9.13 Å². The zero-order valence-electron chi connectivity index (χ0n) is 19.2. The number of methoxy groups -OCH3 is 2. The van der Waals surface area contributed by atoms with Gasteiger partial charge in [-0.25, -0.2) is 4.79 Å². The predicted molar refractivity (Wildman–Crippen MR) is 127 cm³/mol. The Balaban J connectivity index is 1.45. The summed E-state index contributed by atoms with van der Waals surface area (Å²) >= 11 is 0. The quantitative estimate of drug-likeness (QED) is 0.622. The molecule has 1 N–H and O–H groups in total. The molecule has 0 spiro atoms. The Morgan fingerprint density at radius 3 is 2.39 bits per heavy atom. The Kier molecular flexibility index (Phi) is 6.53. The van der Waals surface area contributed by atoms with Crippen LogP contribution in [0.25, 0.3) is 10.9 Å². The maximum absolute atomic E-state index is 13.1. The molecule has 1 fully saturated rings. The van der Waals surface area contributed by atoms with Crippen LogP contribution in [-0.2, 0) is 18.4 Å². The van der Waals surface area contributed by atoms with Gasteiger partial charge < -0.3 is 14.8 Å². The Bertz CT molecular complexity index is 1290. The lowest BCUT2D eigenvalue weighted by molar-refractivity contribution is -0.121. The molecule has 1 heterocycles. The number of aromatic nitrogens is 2. The standard InChI is InChI=1S/C25H29N3O5/c1-27-22-12-11-20(33-3)14-21(22)24(30)28(25(27)31)15-16-7-9-17(10-8-16)23(29)26-18-5-4-6-19(13-18)32-2/h4-6,11-14,16-17H,7-10,15H2,1-3H3,(H,26,29). The fraction of sp³-hybridized carbons (Fsp3) is 0.400. The summed E-state index contributed by atoms with van der Waals surface area (Å²) in [7, 11) is 4.81. The highest BCUT2D eigenvalue weighted by Crippen LogP contribution is 2.31. The van der Waals surface area contributed by atoms with Gasteiger partial charge in [0.1, 0.15) is 11.5 Å². The molecule has 0 radical (unpaired) electrons. The lowest BCUT2D eigenvalue weighted by atomic mass is 9.81. The highest BCUT2D eigenvalue weighted by molar-refractivity contribution is 5.92. The number of rotatable bonds is 6. The van der Waals surface area contributed by atoms with Crippen LogP contribution in [-0.4, -0.2) is 29.3 Å². The highest BCUT2D eigenvalue weighted by Gasteiger charge is 2.27. The molecule has 0 bridgehead atoms. The van der Waals surface area contributed by atoms with Crippen molar-refractivity contribution in [3.05, 3.63) is 63.3 Å². The van der Waals surface area contributed by atoms with Crippen LogP contribution in [0.4, 0.5) is 5.69 Å². The van der Waals surface area contributed by atoms with Gasteiger partial charge in [0.05, 0.1) is 25.1 Å². The van der Waals surface area contributed by atoms with Crippen molar-refractivity contribution in [2.45, 2.75) is 32.2 Å². The molecule has 0 aliphatic heterocycles. The van der Waals surface area contributed by atoms with Crippen molar-refractivity contribution in [1.29, 1.82) is 0 Å². The summed E-state index contributed by atoms with van der Waals surface area (Å²) in [5.74, 6) is 1.34. The zero-order chi connectivity index (χ0) is 23.5. The number of ether oxygens (including phenoxy) is 2. The van der Waals surface area contributed by atoms with E-state index in [4.69, 9.17) is 9.47 Å². The van der Waals surface area contributed by atoms with Crippen molar-refractivity contribution in [3.8, 4) is 11.5 Å². The third-order valence-electron chi connectivity index (χ3n) is 6.55. The van der Waals surface area contributed by atoms with E-state index in [9.17, 15) is 14.4 Å². The van der Waals surface area contributed by atoms with E-state index >= 15 is 0 Å². The molecule has 0 atom stereocenters. The number of hydrogen-bond donors (Lipinski definition) is 1. The van der Waals surface area contributed by atoms with Crippen molar-refractivity contribution in [2.24, 2.45) is 18.9 Å². The van der Waals surface area contributed by atoms with Gasteiger partial charge in [-0.3, -0.25) is 18.7 Å². The van der Waals surface area contributed by atoms with Crippen LogP contribution in [0.2, 0.25) is 0 Å². The number of fused-ring (bicyclic) bond motifs is 1. The van der Waals surface area contributed by atoms with Gasteiger partial charge in [0, 0.05) is 31.3 Å². The molecular weight excluding hydrogens is 422 g/mol. The highest BCUT2D eigenvalue weighted by atomic mass is 16.5. The van der Waals surface area contributed by atoms with Crippen molar-refractivity contribution < 1.29 is 14.3 Å². The van der Waals surface area contributed by atoms with Crippen LogP contribution >= 0.6 is 0 Å². The zero-order valence-corrected chi connectivity index (χ0v) is 19.2. The van der Waals surface area contributed by atoms with E-state index in [1.807, 2.05) is 18.2 Å². The van der Waals surface area contributed by atoms with Gasteiger partial charge in [-0.15, -0.1) is 0 Å². The average molecular weight is 452 g/mol. The van der Waals surface area contributed by atoms with Crippen LogP contribution in [0.15, 0.2) is 52.1 Å². The molecule has 1 amide bonds. The Labute approximate surface area is 191 Å². The Morgan fingerprint density at radius 2 is 1.70 bits per heavy atom. The first-order valence-electron chi connectivity index (χ1n) is 11.1. The molecule has 0 unspecified atom stereocenters. The average Bonchev–Trinajstić information content (AvgIpc) is 2.85. The summed E-state index contributed by atoms with van der Waals surface area (Å²) in [6, 6.07) is 12.4. The van der Waals surface area contributed by atoms with Crippen molar-refractivity contribution in [1.82, 2.24) is 9.13 Å². The minimum atomic E-state index is -0.324. The lowest BCUT2D eigenvalue weighted by Gasteiger charge is -2.28. The number of aryl methyl sites for hydroxylation is 1. The summed E-state index contributed by atoms with van der Waals surface area (Å²) < 4.78 is 13.3. The van der Waals surface area contributed by atoms with E-state index < -0.39 is 0 Å². The SMILES string of the molecule is COc1cccc(NC(=O)C2CCC(Cn3c(=O)c4cc(OC)ccc4n(C)c3=O)CC2)c1. The predicted octanol–water partition coefficient (Wildman–Crippen LogP) is 3.16. The first kappa shape index (κ1) is 22.6. The van der Waals surface area contributed by atoms with Gasteiger partial charge in [-0.2, -0.15) is 0 Å². The van der Waals surface area contributed by atoms with Gasteiger partial charge in [-0.1, -0.05) is 6.07 Å². The van der Waals surface area contributed by atoms with E-state index in [-0.39, 0.29) is 29.0 Å². The third kappa shape index (κ3) is 4.65. The smallest absolute Gasteiger partial charge is 0.331 e. The summed E-state index contributed by atoms with van der Waals surface area (Å²) in [5, 5.41) is 3.43. The molecule has 1 aliphatic carbocycles. The molecule has 1 aromatic heterocycles. The number of benzene rings is 2. The first-order valence-corrected chi connectivity index (χ1v) is 11.1. The Morgan fingerprint density at radius 1 is 1.00 bits per heavy atom. The molecule has 3 aromatic rings. The molecule has 0 saturated heterocycles. The fourth-order valence-corrected chi connectivity index (χ4v) is 4.59. The van der Waals surface area contributed by atoms with Gasteiger partial charge >= 0.3 is 5.69 Å². The topological polar surface area (TPSA) is 91.6 Å². The molecule has 4 rings (SSSR count). The number of nitrogens with zero attached hydrogens (tertiary/aromatic N) is 2. The number of nitrogens with one attached hydrogen (secondary N) is 1. The first-order chi connectivity index (χ1) is 15.9. The van der Waals surface area contributed by atoms with Crippen LogP contribution in [0.3, 0.4) is 0 Å². The van der Waals surface area contributed by atoms with Gasteiger partial charge in [0.2, 0.25) is 5.91 Å². The van der Waals surface area contributed by atoms with E-state index in [1.54, 1.807) is 45.5 Å². The van der Waals surface area contributed by atoms with Gasteiger partial charge in [0.25, 0.3) is 5.56 Å². The summed E-state index contributed by atoms with van der Waals surface area (Å²) in [4.78, 5) is 38.7. The maximum atomic E-state index is 13.1. The molecule has 1 aliphatic rings. The Hall–Kier alpha value is -3.55. The summed E-state index contributed by atoms with van der Waals surface area (Å²) in [5.41, 5.74) is 0.670. The number of hydrogen-bond acceptors (Lipinski definition) is 5. The second-order valence-electron chi connectivity index (χ2n) is 8.58. The second kappa shape index (κ2) is 9.52. The maximum Gasteiger partial charge on any atom is 0.331 e. The normalized spacial score (nSPS) is 18.2. The van der Waals surface area contributed by atoms with Gasteiger partial charge in [-0.05, 0) is 61.9 Å². The number of amides is 1. The minimum Gasteiger partial charge on any atom is -0.497 e. The molecule has 8 heteroatoms. The number of carbonyl (C=O) groups is 1. The second-order valence-corrected chi connectivity index (χ2v) is 8.58. The van der Waals surface area contributed by atoms with Crippen LogP contribution < -0.4 is 26.0 Å². The number of anilines is 1. The van der Waals surface area contributed by atoms with E-state index in [0.29, 0.717) is 34.6 Å². The van der Waals surface area contributed by atoms with Crippen LogP contribution in [0.1, 0.15) is 25.7 Å². The van der Waals surface area contributed by atoms with Gasteiger partial charge in [0.15, 0.2) is 0 Å². The van der Waals surface area contributed by atoms with E-state index in [0.717, 1.165) is 25.7 Å². The summed E-state index contributed by atoms with van der Waals surface area (Å²) in [6.45, 7) is 0.350. The molecule has 1 saturated carbocycles. The van der Waals surface area contributed by atoms with Crippen LogP contribution in [0.5, 0.6) is 11.5 Å². The molecule has 8 nitrogen and oxygen atoms in total.